The van der Waals surface area contributed by atoms with E-state index in [2.05, 4.69) is 28.1 Å². The smallest absolute Gasteiger partial charge is 0.278 e. The maximum Gasteiger partial charge on any atom is 0.278 e. The Morgan fingerprint density at radius 1 is 1.13 bits per heavy atom. The molecule has 3 aliphatic rings. The van der Waals surface area contributed by atoms with Gasteiger partial charge in [0.15, 0.2) is 11.5 Å². The highest BCUT2D eigenvalue weighted by Crippen LogP contribution is 2.50. The van der Waals surface area contributed by atoms with Crippen LogP contribution in [-0.4, -0.2) is 23.0 Å². The van der Waals surface area contributed by atoms with Crippen LogP contribution in [0, 0.1) is 33.9 Å². The minimum absolute atomic E-state index is 0.277. The van der Waals surface area contributed by atoms with E-state index < -0.39 is 11.6 Å². The maximum absolute atomic E-state index is 14.7. The first-order chi connectivity index (χ1) is 18.8. The van der Waals surface area contributed by atoms with E-state index in [9.17, 15) is 14.9 Å². The predicted molar refractivity (Wildman–Crippen MR) is 144 cm³/mol. The van der Waals surface area contributed by atoms with Crippen molar-refractivity contribution in [1.82, 2.24) is 9.88 Å². The van der Waals surface area contributed by atoms with Gasteiger partial charge in [0, 0.05) is 30.3 Å². The number of nitrogens with zero attached hydrogens (tertiary/aromatic N) is 4. The van der Waals surface area contributed by atoms with Gasteiger partial charge >= 0.3 is 0 Å². The Balaban J connectivity index is 1.16. The summed E-state index contributed by atoms with van der Waals surface area (Å²) in [6, 6.07) is 17.0. The molecule has 2 fully saturated rings. The summed E-state index contributed by atoms with van der Waals surface area (Å²) in [7, 11) is 0. The van der Waals surface area contributed by atoms with Gasteiger partial charge in [-0.15, -0.1) is 0 Å². The van der Waals surface area contributed by atoms with E-state index in [-0.39, 0.29) is 11.3 Å². The quantitative estimate of drug-likeness (QED) is 0.348. The first kappa shape index (κ1) is 25.6. The molecule has 6 rings (SSSR count). The fourth-order valence-electron chi connectivity index (χ4n) is 5.79. The van der Waals surface area contributed by atoms with Gasteiger partial charge in [-0.1, -0.05) is 23.7 Å². The standard InChI is InChI=1S/C31H28ClFN4O2/c1-30(25-6-5-23(32)14-26(25)33)38-28-4-2-3-24(29(28)39-30)21-7-11-37(12-8-21)18-27-22(13-20(16-34)17-36-27)15-31(19-35)9-10-31/h2-6,13-14,17,21H,7-12,15,18H2,1H3/t30-/m0/s1. The Bertz CT molecular complexity index is 1520. The molecule has 2 aromatic carbocycles. The lowest BCUT2D eigenvalue weighted by molar-refractivity contribution is -0.0712. The van der Waals surface area contributed by atoms with Crippen molar-refractivity contribution in [3.8, 4) is 23.6 Å². The van der Waals surface area contributed by atoms with Crippen molar-refractivity contribution in [3.63, 3.8) is 0 Å². The zero-order chi connectivity index (χ0) is 27.2. The lowest BCUT2D eigenvalue weighted by Crippen LogP contribution is -2.34. The topological polar surface area (TPSA) is 82.2 Å². The summed E-state index contributed by atoms with van der Waals surface area (Å²) in [6.45, 7) is 4.17. The van der Waals surface area contributed by atoms with Gasteiger partial charge in [0.1, 0.15) is 11.9 Å². The Kier molecular flexibility index (Phi) is 6.46. The van der Waals surface area contributed by atoms with Crippen LogP contribution in [0.5, 0.6) is 11.5 Å². The molecule has 0 unspecified atom stereocenters. The normalized spacial score (nSPS) is 21.8. The second kappa shape index (κ2) is 9.83. The molecule has 0 radical (unpaired) electrons. The van der Waals surface area contributed by atoms with Gasteiger partial charge in [-0.2, -0.15) is 10.5 Å². The van der Waals surface area contributed by atoms with Gasteiger partial charge in [-0.25, -0.2) is 4.39 Å². The molecule has 1 saturated carbocycles. The van der Waals surface area contributed by atoms with E-state index in [1.807, 2.05) is 18.2 Å². The largest absolute Gasteiger partial charge is 0.444 e. The Morgan fingerprint density at radius 2 is 1.92 bits per heavy atom. The molecule has 6 nitrogen and oxygen atoms in total. The number of para-hydroxylation sites is 1. The monoisotopic (exact) mass is 542 g/mol. The number of ether oxygens (including phenoxy) is 2. The van der Waals surface area contributed by atoms with Gasteiger partial charge in [-0.3, -0.25) is 9.88 Å². The summed E-state index contributed by atoms with van der Waals surface area (Å²) < 4.78 is 27.2. The molecular formula is C31H28ClFN4O2. The summed E-state index contributed by atoms with van der Waals surface area (Å²) in [5.41, 5.74) is 3.58. The second-order valence-corrected chi connectivity index (χ2v) is 11.4. The third-order valence-electron chi connectivity index (χ3n) is 8.24. The number of aromatic nitrogens is 1. The SMILES string of the molecule is C[C@]1(c2ccc(Cl)cc2F)Oc2cccc(C3CCN(Cc4ncc(C#N)cc4CC4(C#N)CC4)CC3)c2O1. The highest BCUT2D eigenvalue weighted by molar-refractivity contribution is 6.30. The number of hydrogen-bond donors (Lipinski definition) is 0. The number of pyridine rings is 1. The van der Waals surface area contributed by atoms with Gasteiger partial charge in [0.25, 0.3) is 5.79 Å². The highest BCUT2D eigenvalue weighted by Gasteiger charge is 2.44. The summed E-state index contributed by atoms with van der Waals surface area (Å²) in [6.07, 6.45) is 5.95. The first-order valence-corrected chi connectivity index (χ1v) is 13.7. The summed E-state index contributed by atoms with van der Waals surface area (Å²) in [5.74, 6) is -0.169. The van der Waals surface area contributed by atoms with Gasteiger partial charge < -0.3 is 9.47 Å². The van der Waals surface area contributed by atoms with Gasteiger partial charge in [-0.05, 0) is 87.0 Å². The van der Waals surface area contributed by atoms with E-state index in [0.29, 0.717) is 40.6 Å². The third-order valence-corrected chi connectivity index (χ3v) is 8.48. The number of hydrogen-bond acceptors (Lipinski definition) is 6. The van der Waals surface area contributed by atoms with Crippen molar-refractivity contribution in [2.24, 2.45) is 5.41 Å². The number of rotatable bonds is 6. The molecule has 1 aromatic heterocycles. The Labute approximate surface area is 232 Å². The van der Waals surface area contributed by atoms with Crippen molar-refractivity contribution in [2.45, 2.75) is 57.3 Å². The van der Waals surface area contributed by atoms with E-state index in [4.69, 9.17) is 21.1 Å². The van der Waals surface area contributed by atoms with Crippen LogP contribution in [0.15, 0.2) is 48.7 Å². The third kappa shape index (κ3) is 4.93. The van der Waals surface area contributed by atoms with Gasteiger partial charge in [0.2, 0.25) is 0 Å². The summed E-state index contributed by atoms with van der Waals surface area (Å²) in [5, 5.41) is 19.3. The van der Waals surface area contributed by atoms with Crippen LogP contribution in [0.25, 0.3) is 0 Å². The predicted octanol–water partition coefficient (Wildman–Crippen LogP) is 6.62. The van der Waals surface area contributed by atoms with Crippen LogP contribution in [0.4, 0.5) is 4.39 Å². The molecule has 3 aromatic rings. The Hall–Kier alpha value is -3.65. The van der Waals surface area contributed by atoms with E-state index >= 15 is 0 Å². The summed E-state index contributed by atoms with van der Waals surface area (Å²) >= 11 is 5.95. The van der Waals surface area contributed by atoms with E-state index in [0.717, 1.165) is 55.6 Å². The molecular weight excluding hydrogens is 515 g/mol. The van der Waals surface area contributed by atoms with Crippen molar-refractivity contribution < 1.29 is 13.9 Å². The molecule has 198 valence electrons. The van der Waals surface area contributed by atoms with Crippen molar-refractivity contribution >= 4 is 11.6 Å². The van der Waals surface area contributed by atoms with Crippen LogP contribution in [-0.2, 0) is 18.8 Å². The zero-order valence-corrected chi connectivity index (χ0v) is 22.5. The molecule has 0 N–H and O–H groups in total. The van der Waals surface area contributed by atoms with Crippen LogP contribution >= 0.6 is 11.6 Å². The maximum atomic E-state index is 14.7. The molecule has 8 heteroatoms. The average Bonchev–Trinajstić information content (AvgIpc) is 3.61. The summed E-state index contributed by atoms with van der Waals surface area (Å²) in [4.78, 5) is 7.01. The number of benzene rings is 2. The molecule has 0 spiro atoms. The number of piperidine rings is 1. The minimum atomic E-state index is -1.27. The van der Waals surface area contributed by atoms with E-state index in [1.54, 1.807) is 25.3 Å². The molecule has 1 saturated heterocycles. The van der Waals surface area contributed by atoms with Crippen LogP contribution in [0.2, 0.25) is 5.02 Å². The molecule has 3 heterocycles. The fraction of sp³-hybridized carbons (Fsp3) is 0.387. The van der Waals surface area contributed by atoms with Crippen molar-refractivity contribution in [2.75, 3.05) is 13.1 Å². The number of nitriles is 2. The zero-order valence-electron chi connectivity index (χ0n) is 21.7. The molecule has 39 heavy (non-hydrogen) atoms. The molecule has 1 aliphatic carbocycles. The van der Waals surface area contributed by atoms with Gasteiger partial charge in [0.05, 0.1) is 28.3 Å². The highest BCUT2D eigenvalue weighted by atomic mass is 35.5. The lowest BCUT2D eigenvalue weighted by atomic mass is 9.88. The number of likely N-dealkylation sites (tertiary alicyclic amines) is 1. The molecule has 1 atom stereocenters. The minimum Gasteiger partial charge on any atom is -0.444 e. The van der Waals surface area contributed by atoms with Crippen molar-refractivity contribution in [3.05, 3.63) is 87.4 Å². The second-order valence-electron chi connectivity index (χ2n) is 11.0. The Morgan fingerprint density at radius 3 is 2.62 bits per heavy atom. The van der Waals surface area contributed by atoms with Crippen LogP contribution < -0.4 is 9.47 Å². The van der Waals surface area contributed by atoms with Crippen LogP contribution in [0.3, 0.4) is 0 Å². The lowest BCUT2D eigenvalue weighted by Gasteiger charge is -2.33. The van der Waals surface area contributed by atoms with Crippen molar-refractivity contribution in [1.29, 1.82) is 10.5 Å². The van der Waals surface area contributed by atoms with Crippen LogP contribution in [0.1, 0.15) is 66.5 Å². The van der Waals surface area contributed by atoms with E-state index in [1.165, 1.54) is 6.07 Å². The first-order valence-electron chi connectivity index (χ1n) is 13.3. The number of halogens is 2. The molecule has 2 aliphatic heterocycles. The molecule has 0 bridgehead atoms. The number of fused-ring (bicyclic) bond motifs is 1. The fourth-order valence-corrected chi connectivity index (χ4v) is 5.95. The average molecular weight is 543 g/mol. The molecule has 0 amide bonds.